The predicted octanol–water partition coefficient (Wildman–Crippen LogP) is 6.92. The molecule has 6 nitrogen and oxygen atoms in total. The van der Waals surface area contributed by atoms with Crippen LogP contribution in [0.4, 0.5) is 18.9 Å². The van der Waals surface area contributed by atoms with E-state index < -0.39 is 29.7 Å². The number of carbonyl (C=O) groups excluding carboxylic acids is 1. The van der Waals surface area contributed by atoms with E-state index in [0.717, 1.165) is 17.7 Å². The minimum atomic E-state index is -4.61. The molecule has 0 saturated carbocycles. The topological polar surface area (TPSA) is 77.8 Å². The van der Waals surface area contributed by atoms with E-state index in [1.54, 1.807) is 12.1 Å². The van der Waals surface area contributed by atoms with E-state index in [4.69, 9.17) is 13.9 Å². The molecule has 0 radical (unpaired) electrons. The molecule has 0 atom stereocenters. The Morgan fingerprint density at radius 1 is 0.946 bits per heavy atom. The largest absolute Gasteiger partial charge is 0.484 e. The lowest BCUT2D eigenvalue weighted by molar-refractivity contribution is -0.137. The average molecular weight is 511 g/mol. The molecule has 1 N–H and O–H groups in total. The average Bonchev–Trinajstić information content (AvgIpc) is 2.84. The van der Waals surface area contributed by atoms with E-state index in [-0.39, 0.29) is 33.6 Å². The summed E-state index contributed by atoms with van der Waals surface area (Å²) < 4.78 is 56.0. The molecule has 4 rings (SSSR count). The zero-order chi connectivity index (χ0) is 26.8. The molecular weight excluding hydrogens is 487 g/mol. The van der Waals surface area contributed by atoms with Crippen LogP contribution in [0, 0.1) is 0 Å². The molecule has 1 heterocycles. The lowest BCUT2D eigenvalue weighted by Crippen LogP contribution is -2.22. The zero-order valence-corrected chi connectivity index (χ0v) is 20.3. The molecule has 0 aliphatic carbocycles. The van der Waals surface area contributed by atoms with Gasteiger partial charge in [-0.2, -0.15) is 13.2 Å². The maximum Gasteiger partial charge on any atom is 0.418 e. The Kier molecular flexibility index (Phi) is 6.98. The number of benzene rings is 3. The molecule has 3 aromatic carbocycles. The molecule has 1 amide bonds. The van der Waals surface area contributed by atoms with E-state index in [9.17, 15) is 22.8 Å². The quantitative estimate of drug-likeness (QED) is 0.304. The number of hydrogen-bond donors (Lipinski definition) is 1. The standard InChI is InChI=1S/C28H24F3NO5/c1-27(2,3)17-8-10-18(11-9-17)37-24-15-36-23-14-19(12-13-20(23)26(24)34)35-16-25(33)32-22-7-5-4-6-21(22)28(29,30)31/h4-15H,16H2,1-3H3,(H,32,33). The Hall–Kier alpha value is -4.27. The third-order valence-electron chi connectivity index (χ3n) is 5.54. The monoisotopic (exact) mass is 511 g/mol. The van der Waals surface area contributed by atoms with Crippen molar-refractivity contribution in [1.29, 1.82) is 0 Å². The van der Waals surface area contributed by atoms with Crippen molar-refractivity contribution >= 4 is 22.6 Å². The van der Waals surface area contributed by atoms with Gasteiger partial charge in [-0.25, -0.2) is 0 Å². The summed E-state index contributed by atoms with van der Waals surface area (Å²) in [6.45, 7) is 5.74. The summed E-state index contributed by atoms with van der Waals surface area (Å²) in [6.07, 6.45) is -3.42. The van der Waals surface area contributed by atoms with Crippen LogP contribution in [0.25, 0.3) is 11.0 Å². The Morgan fingerprint density at radius 3 is 2.30 bits per heavy atom. The van der Waals surface area contributed by atoms with Crippen LogP contribution in [-0.2, 0) is 16.4 Å². The normalized spacial score (nSPS) is 11.8. The van der Waals surface area contributed by atoms with Gasteiger partial charge in [-0.1, -0.05) is 45.0 Å². The van der Waals surface area contributed by atoms with Gasteiger partial charge in [0.25, 0.3) is 5.91 Å². The number of hydrogen-bond acceptors (Lipinski definition) is 5. The molecule has 1 aromatic heterocycles. The number of fused-ring (bicyclic) bond motifs is 1. The second kappa shape index (κ2) is 10.0. The fourth-order valence-electron chi connectivity index (χ4n) is 3.58. The second-order valence-electron chi connectivity index (χ2n) is 9.34. The lowest BCUT2D eigenvalue weighted by Gasteiger charge is -2.19. The maximum absolute atomic E-state index is 13.1. The van der Waals surface area contributed by atoms with Crippen LogP contribution in [0.2, 0.25) is 0 Å². The summed E-state index contributed by atoms with van der Waals surface area (Å²) in [6, 6.07) is 16.4. The number of anilines is 1. The van der Waals surface area contributed by atoms with Crippen molar-refractivity contribution in [1.82, 2.24) is 0 Å². The van der Waals surface area contributed by atoms with Crippen LogP contribution in [0.15, 0.2) is 82.2 Å². The van der Waals surface area contributed by atoms with E-state index in [0.29, 0.717) is 5.75 Å². The van der Waals surface area contributed by atoms with Gasteiger partial charge in [0, 0.05) is 6.07 Å². The second-order valence-corrected chi connectivity index (χ2v) is 9.34. The van der Waals surface area contributed by atoms with Crippen LogP contribution >= 0.6 is 0 Å². The van der Waals surface area contributed by atoms with Gasteiger partial charge >= 0.3 is 6.18 Å². The van der Waals surface area contributed by atoms with Gasteiger partial charge in [-0.15, -0.1) is 0 Å². The van der Waals surface area contributed by atoms with Gasteiger partial charge in [0.15, 0.2) is 6.61 Å². The molecule has 0 aliphatic rings. The van der Waals surface area contributed by atoms with E-state index in [1.807, 2.05) is 12.1 Å². The third-order valence-corrected chi connectivity index (χ3v) is 5.54. The fourth-order valence-corrected chi connectivity index (χ4v) is 3.58. The van der Waals surface area contributed by atoms with Crippen molar-refractivity contribution in [2.24, 2.45) is 0 Å². The summed E-state index contributed by atoms with van der Waals surface area (Å²) >= 11 is 0. The molecule has 9 heteroatoms. The van der Waals surface area contributed by atoms with E-state index in [1.165, 1.54) is 36.6 Å². The number of nitrogens with one attached hydrogen (secondary N) is 1. The van der Waals surface area contributed by atoms with Crippen molar-refractivity contribution in [2.45, 2.75) is 32.4 Å². The highest BCUT2D eigenvalue weighted by Gasteiger charge is 2.33. The molecule has 0 bridgehead atoms. The summed E-state index contributed by atoms with van der Waals surface area (Å²) in [5.41, 5.74) is -0.423. The fraction of sp³-hybridized carbons (Fsp3) is 0.214. The SMILES string of the molecule is CC(C)(C)c1ccc(Oc2coc3cc(OCC(=O)Nc4ccccc4C(F)(F)F)ccc3c2=O)cc1. The minimum absolute atomic E-state index is 0.00684. The minimum Gasteiger partial charge on any atom is -0.484 e. The summed E-state index contributed by atoms with van der Waals surface area (Å²) in [5, 5.41) is 2.44. The van der Waals surface area contributed by atoms with Crippen LogP contribution in [0.3, 0.4) is 0 Å². The van der Waals surface area contributed by atoms with Crippen LogP contribution < -0.4 is 20.2 Å². The van der Waals surface area contributed by atoms with Crippen LogP contribution in [-0.4, -0.2) is 12.5 Å². The van der Waals surface area contributed by atoms with Crippen molar-refractivity contribution in [2.75, 3.05) is 11.9 Å². The maximum atomic E-state index is 13.1. The molecule has 37 heavy (non-hydrogen) atoms. The predicted molar refractivity (Wildman–Crippen MR) is 133 cm³/mol. The van der Waals surface area contributed by atoms with Gasteiger partial charge in [0.2, 0.25) is 11.2 Å². The molecule has 0 unspecified atom stereocenters. The first-order valence-corrected chi connectivity index (χ1v) is 11.3. The van der Waals surface area contributed by atoms with Crippen molar-refractivity contribution in [3.05, 3.63) is 94.3 Å². The van der Waals surface area contributed by atoms with Gasteiger partial charge in [-0.3, -0.25) is 9.59 Å². The molecular formula is C28H24F3NO5. The number of rotatable bonds is 6. The smallest absolute Gasteiger partial charge is 0.418 e. The number of para-hydroxylation sites is 1. The summed E-state index contributed by atoms with van der Waals surface area (Å²) in [4.78, 5) is 25.1. The number of amides is 1. The summed E-state index contributed by atoms with van der Waals surface area (Å²) in [5.74, 6) is -0.0917. The van der Waals surface area contributed by atoms with Crippen molar-refractivity contribution in [3.63, 3.8) is 0 Å². The van der Waals surface area contributed by atoms with Gasteiger partial charge in [0.05, 0.1) is 16.6 Å². The Balaban J connectivity index is 1.44. The Morgan fingerprint density at radius 2 is 1.62 bits per heavy atom. The first-order valence-electron chi connectivity index (χ1n) is 11.3. The zero-order valence-electron chi connectivity index (χ0n) is 20.3. The van der Waals surface area contributed by atoms with E-state index in [2.05, 4.69) is 26.1 Å². The molecule has 0 fully saturated rings. The van der Waals surface area contributed by atoms with Gasteiger partial charge < -0.3 is 19.2 Å². The highest BCUT2D eigenvalue weighted by Crippen LogP contribution is 2.34. The molecule has 0 spiro atoms. The first kappa shape index (κ1) is 25.8. The Labute approximate surface area is 210 Å². The van der Waals surface area contributed by atoms with Gasteiger partial charge in [0.1, 0.15) is 23.3 Å². The first-order chi connectivity index (χ1) is 17.4. The highest BCUT2D eigenvalue weighted by molar-refractivity contribution is 5.92. The highest BCUT2D eigenvalue weighted by atomic mass is 19.4. The molecule has 0 aliphatic heterocycles. The van der Waals surface area contributed by atoms with Crippen molar-refractivity contribution < 1.29 is 31.9 Å². The molecule has 192 valence electrons. The van der Waals surface area contributed by atoms with Crippen molar-refractivity contribution in [3.8, 4) is 17.2 Å². The molecule has 0 saturated heterocycles. The number of carbonyl (C=O) groups is 1. The number of alkyl halides is 3. The number of ether oxygens (including phenoxy) is 2. The van der Waals surface area contributed by atoms with Gasteiger partial charge in [-0.05, 0) is 47.4 Å². The van der Waals surface area contributed by atoms with Crippen LogP contribution in [0.5, 0.6) is 17.2 Å². The Bertz CT molecular complexity index is 1490. The third kappa shape index (κ3) is 6.11. The van der Waals surface area contributed by atoms with Crippen LogP contribution in [0.1, 0.15) is 31.9 Å². The summed E-state index contributed by atoms with van der Waals surface area (Å²) in [7, 11) is 0. The lowest BCUT2D eigenvalue weighted by atomic mass is 9.87. The number of halogens is 3. The van der Waals surface area contributed by atoms with E-state index >= 15 is 0 Å². The molecule has 4 aromatic rings.